The highest BCUT2D eigenvalue weighted by Gasteiger charge is 2.53. The van der Waals surface area contributed by atoms with E-state index in [9.17, 15) is 19.5 Å². The van der Waals surface area contributed by atoms with Gasteiger partial charge in [0.05, 0.1) is 20.9 Å². The van der Waals surface area contributed by atoms with Gasteiger partial charge < -0.3 is 14.7 Å². The maximum atomic E-state index is 13.5. The molecule has 9 heteroatoms. The number of likely N-dealkylation sites (N-methyl/N-ethyl adjacent to an activating group) is 1. The number of hydrogen-bond donors (Lipinski definition) is 1. The normalized spacial score (nSPS) is 24.8. The van der Waals surface area contributed by atoms with Crippen LogP contribution in [0.15, 0.2) is 59.3 Å². The fraction of sp³-hybridized carbons (Fsp3) is 0.393. The molecule has 7 nitrogen and oxygen atoms in total. The molecular weight excluding hydrogens is 508 g/mol. The molecule has 1 aliphatic heterocycles. The Hall–Kier alpha value is -2.85. The Bertz CT molecular complexity index is 1250. The van der Waals surface area contributed by atoms with Gasteiger partial charge in [-0.05, 0) is 67.3 Å². The Balaban J connectivity index is 1.13. The predicted molar refractivity (Wildman–Crippen MR) is 141 cm³/mol. The van der Waals surface area contributed by atoms with Gasteiger partial charge in [-0.25, -0.2) is 4.79 Å². The van der Waals surface area contributed by atoms with Crippen molar-refractivity contribution in [3.8, 4) is 0 Å². The molecule has 0 spiro atoms. The largest absolute Gasteiger partial charge is 0.459 e. The number of rotatable bonds is 8. The minimum atomic E-state index is -1.81. The van der Waals surface area contributed by atoms with E-state index in [1.165, 1.54) is 27.6 Å². The van der Waals surface area contributed by atoms with Gasteiger partial charge in [-0.2, -0.15) is 0 Å². The van der Waals surface area contributed by atoms with Gasteiger partial charge in [-0.3, -0.25) is 14.5 Å². The number of hydrogen-bond acceptors (Lipinski definition) is 8. The number of amides is 2. The van der Waals surface area contributed by atoms with Crippen LogP contribution in [-0.4, -0.2) is 65.0 Å². The Kier molecular flexibility index (Phi) is 6.27. The zero-order chi connectivity index (χ0) is 25.7. The lowest BCUT2D eigenvalue weighted by molar-refractivity contribution is -0.170. The number of ether oxygens (including phenoxy) is 1. The molecule has 2 saturated carbocycles. The smallest absolute Gasteiger partial charge is 0.349 e. The number of thiophene rings is 2. The van der Waals surface area contributed by atoms with Crippen LogP contribution in [0.4, 0.5) is 0 Å². The molecule has 1 aromatic carbocycles. The fourth-order valence-electron chi connectivity index (χ4n) is 6.42. The number of benzene rings is 1. The highest BCUT2D eigenvalue weighted by Crippen LogP contribution is 2.49. The summed E-state index contributed by atoms with van der Waals surface area (Å²) in [4.78, 5) is 43.6. The summed E-state index contributed by atoms with van der Waals surface area (Å²) in [6.07, 6.45) is 2.48. The Labute approximate surface area is 223 Å². The monoisotopic (exact) mass is 536 g/mol. The van der Waals surface area contributed by atoms with Crippen molar-refractivity contribution in [2.24, 2.45) is 11.8 Å². The first-order valence-electron chi connectivity index (χ1n) is 12.6. The molecule has 4 atom stereocenters. The summed E-state index contributed by atoms with van der Waals surface area (Å²) >= 11 is 2.67. The second-order valence-electron chi connectivity index (χ2n) is 10.1. The molecule has 3 heterocycles. The Morgan fingerprint density at radius 3 is 2.22 bits per heavy atom. The third-order valence-corrected chi connectivity index (χ3v) is 10.1. The van der Waals surface area contributed by atoms with Crippen LogP contribution >= 0.6 is 22.7 Å². The van der Waals surface area contributed by atoms with Gasteiger partial charge in [0.25, 0.3) is 11.8 Å². The molecule has 0 radical (unpaired) electrons. The van der Waals surface area contributed by atoms with Gasteiger partial charge in [0.1, 0.15) is 6.10 Å². The van der Waals surface area contributed by atoms with Gasteiger partial charge in [0.15, 0.2) is 0 Å². The van der Waals surface area contributed by atoms with E-state index >= 15 is 0 Å². The fourth-order valence-corrected chi connectivity index (χ4v) is 8.13. The summed E-state index contributed by atoms with van der Waals surface area (Å²) in [6, 6.07) is 14.3. The lowest BCUT2D eigenvalue weighted by Gasteiger charge is -2.31. The average molecular weight is 537 g/mol. The summed E-state index contributed by atoms with van der Waals surface area (Å²) in [5, 5.41) is 15.3. The van der Waals surface area contributed by atoms with Crippen LogP contribution in [0.25, 0.3) is 0 Å². The van der Waals surface area contributed by atoms with Crippen LogP contribution in [0.1, 0.15) is 49.7 Å². The number of carbonyl (C=O) groups is 3. The minimum absolute atomic E-state index is 0.150. The lowest BCUT2D eigenvalue weighted by atomic mass is 9.96. The first-order valence-corrected chi connectivity index (χ1v) is 14.3. The van der Waals surface area contributed by atoms with Crippen molar-refractivity contribution in [3.63, 3.8) is 0 Å². The lowest BCUT2D eigenvalue weighted by Crippen LogP contribution is -2.44. The molecule has 3 aromatic rings. The third kappa shape index (κ3) is 3.96. The molecule has 192 valence electrons. The van der Waals surface area contributed by atoms with Crippen LogP contribution in [0.5, 0.6) is 0 Å². The molecule has 37 heavy (non-hydrogen) atoms. The number of esters is 1. The summed E-state index contributed by atoms with van der Waals surface area (Å²) in [6.45, 7) is 0.873. The van der Waals surface area contributed by atoms with E-state index in [1.807, 2.05) is 29.9 Å². The van der Waals surface area contributed by atoms with Crippen LogP contribution in [0, 0.1) is 11.8 Å². The van der Waals surface area contributed by atoms with Crippen LogP contribution in [0.3, 0.4) is 0 Å². The average Bonchev–Trinajstić information content (AvgIpc) is 3.74. The van der Waals surface area contributed by atoms with Gasteiger partial charge in [-0.15, -0.1) is 22.7 Å². The van der Waals surface area contributed by atoms with Crippen molar-refractivity contribution in [2.75, 3.05) is 20.1 Å². The van der Waals surface area contributed by atoms with E-state index in [2.05, 4.69) is 4.90 Å². The molecule has 1 N–H and O–H groups in total. The summed E-state index contributed by atoms with van der Waals surface area (Å²) in [5.74, 6) is -0.584. The van der Waals surface area contributed by atoms with Crippen molar-refractivity contribution in [2.45, 2.75) is 37.0 Å². The topological polar surface area (TPSA) is 87.2 Å². The van der Waals surface area contributed by atoms with Crippen molar-refractivity contribution >= 4 is 40.5 Å². The summed E-state index contributed by atoms with van der Waals surface area (Å²) < 4.78 is 6.07. The van der Waals surface area contributed by atoms with E-state index in [0.29, 0.717) is 39.9 Å². The van der Waals surface area contributed by atoms with Crippen molar-refractivity contribution in [1.82, 2.24) is 9.80 Å². The molecule has 0 saturated heterocycles. The molecule has 2 bridgehead atoms. The number of nitrogens with zero attached hydrogens (tertiary/aromatic N) is 2. The number of imide groups is 1. The van der Waals surface area contributed by atoms with Crippen LogP contribution in [-0.2, 0) is 15.1 Å². The van der Waals surface area contributed by atoms with Crippen molar-refractivity contribution in [3.05, 3.63) is 80.2 Å². The predicted octanol–water partition coefficient (Wildman–Crippen LogP) is 3.98. The molecular formula is C28H28N2O5S2. The molecule has 2 fully saturated rings. The molecule has 2 amide bonds. The molecule has 2 aromatic heterocycles. The first kappa shape index (κ1) is 24.5. The molecule has 4 unspecified atom stereocenters. The maximum Gasteiger partial charge on any atom is 0.349 e. The molecule has 3 aliphatic rings. The van der Waals surface area contributed by atoms with Crippen LogP contribution < -0.4 is 0 Å². The highest BCUT2D eigenvalue weighted by atomic mass is 32.1. The molecule has 2 aliphatic carbocycles. The number of fused-ring (bicyclic) bond motifs is 3. The van der Waals surface area contributed by atoms with E-state index in [0.717, 1.165) is 19.3 Å². The van der Waals surface area contributed by atoms with Gasteiger partial charge in [0.2, 0.25) is 5.60 Å². The number of aliphatic hydroxyl groups is 1. The minimum Gasteiger partial charge on any atom is -0.459 e. The SMILES string of the molecule is CN(CCN1C(=O)c2ccccc2C1=O)C1C2CCC1C(OC(=O)C(O)(c1cccs1)c1cccs1)C2. The summed E-state index contributed by atoms with van der Waals surface area (Å²) in [7, 11) is 2.02. The maximum absolute atomic E-state index is 13.5. The quantitative estimate of drug-likeness (QED) is 0.346. The second-order valence-corrected chi connectivity index (χ2v) is 12.0. The van der Waals surface area contributed by atoms with Crippen molar-refractivity contribution < 1.29 is 24.2 Å². The highest BCUT2D eigenvalue weighted by molar-refractivity contribution is 7.12. The van der Waals surface area contributed by atoms with Crippen molar-refractivity contribution in [1.29, 1.82) is 0 Å². The van der Waals surface area contributed by atoms with E-state index in [-0.39, 0.29) is 29.9 Å². The Morgan fingerprint density at radius 1 is 1.03 bits per heavy atom. The number of carbonyl (C=O) groups excluding carboxylic acids is 3. The van der Waals surface area contributed by atoms with Gasteiger partial charge in [-0.1, -0.05) is 24.3 Å². The second kappa shape index (κ2) is 9.47. The zero-order valence-corrected chi connectivity index (χ0v) is 22.0. The van der Waals surface area contributed by atoms with E-state index in [4.69, 9.17) is 4.74 Å². The van der Waals surface area contributed by atoms with E-state index in [1.54, 1.807) is 36.4 Å². The van der Waals surface area contributed by atoms with Gasteiger partial charge in [0, 0.05) is 25.0 Å². The Morgan fingerprint density at radius 2 is 1.65 bits per heavy atom. The van der Waals surface area contributed by atoms with E-state index < -0.39 is 11.6 Å². The molecule has 6 rings (SSSR count). The zero-order valence-electron chi connectivity index (χ0n) is 20.4. The summed E-state index contributed by atoms with van der Waals surface area (Å²) in [5.41, 5.74) is -0.879. The third-order valence-electron chi connectivity index (χ3n) is 8.18. The van der Waals surface area contributed by atoms with Gasteiger partial charge >= 0.3 is 5.97 Å². The van der Waals surface area contributed by atoms with Crippen LogP contribution in [0.2, 0.25) is 0 Å². The first-order chi connectivity index (χ1) is 17.9. The standard InChI is InChI=1S/C28H28N2O5S2/c1-29(12-13-30-25(31)18-6-2-3-7-19(18)26(30)32)24-17-10-11-20(24)21(16-17)35-27(33)28(34,22-8-4-14-36-22)23-9-5-15-37-23/h2-9,14-15,17,20-21,24,34H,10-13,16H2,1H3.